The third kappa shape index (κ3) is 5.87. The van der Waals surface area contributed by atoms with Crippen LogP contribution in [0.2, 0.25) is 0 Å². The van der Waals surface area contributed by atoms with E-state index < -0.39 is 75.8 Å². The number of fused-ring (bicyclic) bond motifs is 4. The van der Waals surface area contributed by atoms with Gasteiger partial charge in [-0.25, -0.2) is 0 Å². The molecule has 5 aliphatic carbocycles. The summed E-state index contributed by atoms with van der Waals surface area (Å²) >= 11 is 0. The summed E-state index contributed by atoms with van der Waals surface area (Å²) in [6.45, 7) is 5.28. The Labute approximate surface area is 337 Å². The van der Waals surface area contributed by atoms with Gasteiger partial charge in [0.25, 0.3) is 0 Å². The maximum Gasteiger partial charge on any atom is 0.240 e. The highest BCUT2D eigenvalue weighted by atomic mass is 16.5. The molecule has 1 spiro atoms. The molecule has 57 heavy (non-hydrogen) atoms. The van der Waals surface area contributed by atoms with Gasteiger partial charge in [-0.1, -0.05) is 32.1 Å². The minimum atomic E-state index is -1.77. The fourth-order valence-corrected chi connectivity index (χ4v) is 14.7. The van der Waals surface area contributed by atoms with E-state index in [0.717, 1.165) is 44.9 Å². The number of carbonyl (C=O) groups is 2. The SMILES string of the molecule is COCCCOC1CCC2(C)C(C1)C(=O)C=C1C3(O)CCC4C(C)(O)C(O)C5OC6C(O)NC(CC6C5CO)C(=O)N5CC5CC#CC12CCC43C1CCCCC1. The summed E-state index contributed by atoms with van der Waals surface area (Å²) in [5.41, 5.74) is -4.78. The molecule has 0 radical (unpaired) electrons. The van der Waals surface area contributed by atoms with Crippen LogP contribution in [0.4, 0.5) is 0 Å². The number of hydrogen-bond acceptors (Lipinski definition) is 11. The predicted molar refractivity (Wildman–Crippen MR) is 208 cm³/mol. The molecule has 7 bridgehead atoms. The van der Waals surface area contributed by atoms with E-state index in [4.69, 9.17) is 14.2 Å². The smallest absolute Gasteiger partial charge is 0.240 e. The molecular formula is C45H66N2O10. The van der Waals surface area contributed by atoms with Crippen molar-refractivity contribution in [1.82, 2.24) is 10.2 Å². The molecule has 4 saturated carbocycles. The number of piperidine rings is 1. The van der Waals surface area contributed by atoms with Gasteiger partial charge in [0.2, 0.25) is 5.91 Å². The van der Waals surface area contributed by atoms with Gasteiger partial charge in [-0.05, 0) is 112 Å². The number of methoxy groups -OCH3 is 1. The van der Waals surface area contributed by atoms with Crippen molar-refractivity contribution >= 4 is 11.7 Å². The predicted octanol–water partition coefficient (Wildman–Crippen LogP) is 2.61. The van der Waals surface area contributed by atoms with Gasteiger partial charge in [0.05, 0.1) is 40.9 Å². The Bertz CT molecular complexity index is 1690. The van der Waals surface area contributed by atoms with Crippen LogP contribution in [0.25, 0.3) is 0 Å². The zero-order chi connectivity index (χ0) is 40.1. The van der Waals surface area contributed by atoms with Crippen LogP contribution in [-0.2, 0) is 23.8 Å². The third-order valence-electron chi connectivity index (χ3n) is 17.7. The summed E-state index contributed by atoms with van der Waals surface area (Å²) < 4.78 is 18.0. The molecule has 1 amide bonds. The topological polar surface area (TPSA) is 178 Å². The highest BCUT2D eigenvalue weighted by Crippen LogP contribution is 2.76. The zero-order valence-electron chi connectivity index (χ0n) is 34.2. The molecule has 0 aromatic carbocycles. The molecule has 10 aliphatic rings. The maximum absolute atomic E-state index is 14.7. The Hall–Kier alpha value is -1.92. The van der Waals surface area contributed by atoms with Crippen LogP contribution in [-0.4, -0.2) is 130 Å². The van der Waals surface area contributed by atoms with Gasteiger partial charge in [0, 0.05) is 57.1 Å². The first-order valence-corrected chi connectivity index (χ1v) is 22.3. The molecule has 12 nitrogen and oxygen atoms in total. The van der Waals surface area contributed by atoms with Gasteiger partial charge >= 0.3 is 0 Å². The van der Waals surface area contributed by atoms with Crippen molar-refractivity contribution in [1.29, 1.82) is 0 Å². The molecule has 0 aromatic heterocycles. The molecule has 10 rings (SSSR count). The molecular weight excluding hydrogens is 728 g/mol. The maximum atomic E-state index is 14.7. The number of ketones is 1. The summed E-state index contributed by atoms with van der Waals surface area (Å²) in [4.78, 5) is 30.4. The van der Waals surface area contributed by atoms with Gasteiger partial charge in [-0.15, -0.1) is 5.92 Å². The number of aliphatic hydroxyl groups excluding tert-OH is 3. The van der Waals surface area contributed by atoms with Crippen LogP contribution < -0.4 is 5.32 Å². The molecule has 6 N–H and O–H groups in total. The number of ether oxygens (including phenoxy) is 3. The van der Waals surface area contributed by atoms with E-state index in [1.54, 1.807) is 25.0 Å². The van der Waals surface area contributed by atoms with E-state index in [-0.39, 0.29) is 42.3 Å². The Balaban J connectivity index is 1.18. The van der Waals surface area contributed by atoms with E-state index in [2.05, 4.69) is 24.1 Å². The fourth-order valence-electron chi connectivity index (χ4n) is 14.7. The summed E-state index contributed by atoms with van der Waals surface area (Å²) in [7, 11) is 1.68. The quantitative estimate of drug-likeness (QED) is 0.127. The lowest BCUT2D eigenvalue weighted by molar-refractivity contribution is -0.224. The lowest BCUT2D eigenvalue weighted by Crippen LogP contribution is -2.69. The second-order valence-corrected chi connectivity index (χ2v) is 20.1. The van der Waals surface area contributed by atoms with Crippen molar-refractivity contribution in [3.8, 4) is 11.8 Å². The Morgan fingerprint density at radius 2 is 1.77 bits per heavy atom. The molecule has 12 heteroatoms. The molecule has 0 aromatic rings. The number of amides is 1. The largest absolute Gasteiger partial charge is 0.396 e. The van der Waals surface area contributed by atoms with E-state index in [1.807, 2.05) is 0 Å². The fraction of sp³-hybridized carbons (Fsp3) is 0.867. The van der Waals surface area contributed by atoms with Gasteiger partial charge < -0.3 is 44.6 Å². The minimum Gasteiger partial charge on any atom is -0.396 e. The lowest BCUT2D eigenvalue weighted by Gasteiger charge is -2.67. The van der Waals surface area contributed by atoms with Crippen molar-refractivity contribution in [2.75, 3.05) is 33.5 Å². The van der Waals surface area contributed by atoms with Crippen LogP contribution in [0.5, 0.6) is 0 Å². The Morgan fingerprint density at radius 3 is 2.53 bits per heavy atom. The van der Waals surface area contributed by atoms with Gasteiger partial charge in [0.15, 0.2) is 5.78 Å². The molecule has 316 valence electrons. The highest BCUT2D eigenvalue weighted by Gasteiger charge is 2.76. The number of nitrogens with one attached hydrogen (secondary N) is 1. The van der Waals surface area contributed by atoms with Crippen LogP contribution in [0.1, 0.15) is 110 Å². The second kappa shape index (κ2) is 14.6. The number of allylic oxidation sites excluding steroid dienone is 1. The minimum absolute atomic E-state index is 0.0112. The standard InChI is InChI=1S/C45H66N2O10/c1-41-15-12-28(56-20-8-19-55-3)21-31(41)33(49)23-35-43(41)14-7-11-27-24-47(27)40(52)32-22-29-30(25-48)36(57-37(29)39(51)46-32)38(50)42(2,53)34-13-16-45(35,54)44(34,18-17-43)26-9-5-4-6-10-26/h23,26-32,34,36-39,46,48,50-51,53-54H,4-6,8-13,15-22,24-25H2,1-3H3. The molecule has 16 atom stereocenters. The van der Waals surface area contributed by atoms with Crippen LogP contribution in [0.3, 0.4) is 0 Å². The molecule has 7 fully saturated rings. The lowest BCUT2D eigenvalue weighted by atomic mass is 9.37. The second-order valence-electron chi connectivity index (χ2n) is 20.1. The van der Waals surface area contributed by atoms with Crippen molar-refractivity contribution in [3.05, 3.63) is 11.6 Å². The van der Waals surface area contributed by atoms with Gasteiger partial charge in [0.1, 0.15) is 18.4 Å². The van der Waals surface area contributed by atoms with Crippen molar-refractivity contribution in [2.45, 2.75) is 164 Å². The third-order valence-corrected chi connectivity index (χ3v) is 17.7. The number of rotatable bonds is 7. The van der Waals surface area contributed by atoms with Gasteiger partial charge in [-0.2, -0.15) is 0 Å². The normalized spacial score (nSPS) is 50.6. The summed E-state index contributed by atoms with van der Waals surface area (Å²) in [6, 6.07) is -0.775. The average molecular weight is 795 g/mol. The van der Waals surface area contributed by atoms with Crippen LogP contribution >= 0.6 is 0 Å². The molecule has 5 heterocycles. The summed E-state index contributed by atoms with van der Waals surface area (Å²) in [5, 5.41) is 64.7. The average Bonchev–Trinajstić information content (AvgIpc) is 3.75. The van der Waals surface area contributed by atoms with E-state index >= 15 is 0 Å². The Morgan fingerprint density at radius 1 is 0.982 bits per heavy atom. The molecule has 5 aliphatic heterocycles. The monoisotopic (exact) mass is 794 g/mol. The summed E-state index contributed by atoms with van der Waals surface area (Å²) in [6.07, 6.45) is 7.79. The van der Waals surface area contributed by atoms with Crippen molar-refractivity contribution in [2.24, 2.45) is 45.8 Å². The van der Waals surface area contributed by atoms with Crippen LogP contribution in [0, 0.1) is 57.7 Å². The molecule has 16 unspecified atom stereocenters. The number of nitrogens with zero attached hydrogens (tertiary/aromatic N) is 1. The summed E-state index contributed by atoms with van der Waals surface area (Å²) in [5.74, 6) is 5.39. The first-order chi connectivity index (χ1) is 27.3. The van der Waals surface area contributed by atoms with E-state index in [0.29, 0.717) is 76.7 Å². The Kier molecular flexibility index (Phi) is 10.4. The first-order valence-electron chi connectivity index (χ1n) is 22.3. The zero-order valence-corrected chi connectivity index (χ0v) is 34.2. The van der Waals surface area contributed by atoms with Crippen molar-refractivity contribution < 1.29 is 49.3 Å². The molecule has 3 saturated heterocycles. The van der Waals surface area contributed by atoms with Crippen LogP contribution in [0.15, 0.2) is 11.6 Å². The van der Waals surface area contributed by atoms with E-state index in [9.17, 15) is 35.1 Å². The number of aliphatic hydroxyl groups is 5. The number of carbonyl (C=O) groups excluding carboxylic acids is 2. The van der Waals surface area contributed by atoms with Crippen molar-refractivity contribution in [3.63, 3.8) is 0 Å². The van der Waals surface area contributed by atoms with Gasteiger partial charge in [-0.3, -0.25) is 14.9 Å². The first kappa shape index (κ1) is 40.5. The van der Waals surface area contributed by atoms with E-state index in [1.165, 1.54) is 0 Å². The highest BCUT2D eigenvalue weighted by molar-refractivity contribution is 5.96. The number of hydrogen-bond donors (Lipinski definition) is 6.